The third-order valence-corrected chi connectivity index (χ3v) is 14.7. The minimum absolute atomic E-state index is 0.890. The van der Waals surface area contributed by atoms with Crippen LogP contribution in [0.25, 0.3) is 131 Å². The number of aromatic nitrogens is 4. The second kappa shape index (κ2) is 15.0. The predicted molar refractivity (Wildman–Crippen MR) is 283 cm³/mol. The molecule has 5 heteroatoms. The zero-order valence-electron chi connectivity index (χ0n) is 36.1. The van der Waals surface area contributed by atoms with E-state index in [-0.39, 0.29) is 0 Å². The van der Waals surface area contributed by atoms with Gasteiger partial charge in [-0.25, -0.2) is 4.98 Å². The Morgan fingerprint density at radius 3 is 1.75 bits per heavy atom. The summed E-state index contributed by atoms with van der Waals surface area (Å²) in [7, 11) is 0. The lowest BCUT2D eigenvalue weighted by molar-refractivity contribution is 1.08. The molecular formula is C62H38N4S. The molecule has 0 aliphatic carbocycles. The van der Waals surface area contributed by atoms with E-state index in [4.69, 9.17) is 4.98 Å². The Labute approximate surface area is 389 Å². The van der Waals surface area contributed by atoms with Gasteiger partial charge in [0.1, 0.15) is 5.82 Å². The van der Waals surface area contributed by atoms with Crippen LogP contribution >= 0.6 is 11.3 Å². The molecule has 4 nitrogen and oxygen atoms in total. The van der Waals surface area contributed by atoms with Crippen molar-refractivity contribution in [3.05, 3.63) is 231 Å². The average molecular weight is 871 g/mol. The number of nitrogens with zero attached hydrogens (tertiary/aromatic N) is 4. The summed E-state index contributed by atoms with van der Waals surface area (Å²) >= 11 is 1.82. The molecule has 0 fully saturated rings. The fraction of sp³-hybridized carbons (Fsp3) is 0. The summed E-state index contributed by atoms with van der Waals surface area (Å²) in [5.74, 6) is 0.890. The summed E-state index contributed by atoms with van der Waals surface area (Å²) in [6.07, 6.45) is 3.88. The molecule has 0 aliphatic rings. The molecule has 0 unspecified atom stereocenters. The molecule has 0 radical (unpaired) electrons. The first kappa shape index (κ1) is 37.7. The second-order valence-electron chi connectivity index (χ2n) is 17.4. The summed E-state index contributed by atoms with van der Waals surface area (Å²) in [5, 5.41) is 9.73. The fourth-order valence-corrected chi connectivity index (χ4v) is 11.5. The van der Waals surface area contributed by atoms with E-state index in [0.29, 0.717) is 0 Å². The van der Waals surface area contributed by atoms with Crippen molar-refractivity contribution in [2.75, 3.05) is 0 Å². The molecule has 9 aromatic carbocycles. The summed E-state index contributed by atoms with van der Waals surface area (Å²) in [4.78, 5) is 9.84. The summed E-state index contributed by atoms with van der Waals surface area (Å²) < 4.78 is 7.29. The number of thiophene rings is 1. The van der Waals surface area contributed by atoms with Crippen molar-refractivity contribution in [1.82, 2.24) is 19.1 Å². The smallest absolute Gasteiger partial charge is 0.138 e. The standard InChI is InChI=1S/C62H38N4S/c1-3-13-39(14-4-1)45-35-55(40-15-5-2-6-16-40)64-62(36-45)66-57-22-12-10-20-49(57)51-32-41(23-26-59(51)66)44-31-42-17-7-8-18-47(42)50(34-44)43-24-27-58-52(33-43)48-19-9-11-21-56(48)65(58)46-25-28-60-53(37-46)54-38-63-30-29-61(54)67-60/h1-38H. The first-order valence-corrected chi connectivity index (χ1v) is 23.5. The highest BCUT2D eigenvalue weighted by molar-refractivity contribution is 7.25. The van der Waals surface area contributed by atoms with E-state index in [1.807, 2.05) is 23.7 Å². The van der Waals surface area contributed by atoms with Gasteiger partial charge in [0, 0.05) is 65.4 Å². The van der Waals surface area contributed by atoms with Gasteiger partial charge in [-0.3, -0.25) is 9.55 Å². The van der Waals surface area contributed by atoms with Gasteiger partial charge in [-0.2, -0.15) is 0 Å². The third kappa shape index (κ3) is 6.06. The zero-order chi connectivity index (χ0) is 44.0. The summed E-state index contributed by atoms with van der Waals surface area (Å²) in [5.41, 5.74) is 14.8. The van der Waals surface area contributed by atoms with Crippen molar-refractivity contribution in [3.8, 4) is 56.1 Å². The first-order valence-electron chi connectivity index (χ1n) is 22.7. The molecule has 0 saturated heterocycles. The lowest BCUT2D eigenvalue weighted by Crippen LogP contribution is -2.00. The molecule has 0 amide bonds. The number of pyridine rings is 2. The molecule has 0 N–H and O–H groups in total. The number of hydrogen-bond donors (Lipinski definition) is 0. The van der Waals surface area contributed by atoms with Crippen molar-refractivity contribution in [2.24, 2.45) is 0 Å². The Kier molecular flexibility index (Phi) is 8.42. The second-order valence-corrected chi connectivity index (χ2v) is 18.5. The van der Waals surface area contributed by atoms with Gasteiger partial charge >= 0.3 is 0 Å². The van der Waals surface area contributed by atoms with Gasteiger partial charge in [0.25, 0.3) is 0 Å². The molecule has 0 spiro atoms. The van der Waals surface area contributed by atoms with Crippen molar-refractivity contribution >= 4 is 85.9 Å². The van der Waals surface area contributed by atoms with Gasteiger partial charge in [-0.1, -0.05) is 133 Å². The first-order chi connectivity index (χ1) is 33.2. The van der Waals surface area contributed by atoms with E-state index in [0.717, 1.165) is 44.9 Å². The molecule has 0 atom stereocenters. The van der Waals surface area contributed by atoms with Crippen LogP contribution in [0.15, 0.2) is 231 Å². The van der Waals surface area contributed by atoms with Crippen LogP contribution < -0.4 is 0 Å². The predicted octanol–water partition coefficient (Wildman–Crippen LogP) is 16.9. The lowest BCUT2D eigenvalue weighted by Gasteiger charge is -2.14. The van der Waals surface area contributed by atoms with Crippen LogP contribution in [0.1, 0.15) is 0 Å². The molecule has 312 valence electrons. The van der Waals surface area contributed by atoms with E-state index < -0.39 is 0 Å². The highest BCUT2D eigenvalue weighted by atomic mass is 32.1. The van der Waals surface area contributed by atoms with Gasteiger partial charge in [0.2, 0.25) is 0 Å². The molecule has 14 aromatic rings. The number of benzene rings is 9. The largest absolute Gasteiger partial charge is 0.309 e. The normalized spacial score (nSPS) is 11.9. The van der Waals surface area contributed by atoms with Crippen molar-refractivity contribution in [2.45, 2.75) is 0 Å². The lowest BCUT2D eigenvalue weighted by atomic mass is 9.92. The van der Waals surface area contributed by atoms with E-state index in [1.165, 1.54) is 85.8 Å². The molecule has 67 heavy (non-hydrogen) atoms. The maximum atomic E-state index is 5.37. The number of rotatable bonds is 6. The van der Waals surface area contributed by atoms with Crippen LogP contribution in [0.2, 0.25) is 0 Å². The maximum absolute atomic E-state index is 5.37. The molecule has 0 aliphatic heterocycles. The molecule has 0 saturated carbocycles. The Balaban J connectivity index is 0.928. The number of fused-ring (bicyclic) bond motifs is 10. The summed E-state index contributed by atoms with van der Waals surface area (Å²) in [6, 6.07) is 79.6. The molecule has 14 rings (SSSR count). The van der Waals surface area contributed by atoms with Crippen LogP contribution in [0.5, 0.6) is 0 Å². The van der Waals surface area contributed by atoms with Gasteiger partial charge in [0.15, 0.2) is 0 Å². The quantitative estimate of drug-likeness (QED) is 0.167. The molecule has 5 aromatic heterocycles. The molecule has 0 bridgehead atoms. The van der Waals surface area contributed by atoms with Crippen LogP contribution in [0.4, 0.5) is 0 Å². The maximum Gasteiger partial charge on any atom is 0.138 e. The monoisotopic (exact) mass is 870 g/mol. The zero-order valence-corrected chi connectivity index (χ0v) is 37.0. The van der Waals surface area contributed by atoms with Gasteiger partial charge in [-0.05, 0) is 129 Å². The molecular weight excluding hydrogens is 833 g/mol. The van der Waals surface area contributed by atoms with E-state index in [9.17, 15) is 0 Å². The average Bonchev–Trinajstić information content (AvgIpc) is 4.05. The van der Waals surface area contributed by atoms with Crippen molar-refractivity contribution in [3.63, 3.8) is 0 Å². The highest BCUT2D eigenvalue weighted by Gasteiger charge is 2.19. The van der Waals surface area contributed by atoms with E-state index >= 15 is 0 Å². The van der Waals surface area contributed by atoms with Crippen LogP contribution in [0, 0.1) is 0 Å². The van der Waals surface area contributed by atoms with Gasteiger partial charge in [-0.15, -0.1) is 11.3 Å². The Morgan fingerprint density at radius 2 is 0.955 bits per heavy atom. The topological polar surface area (TPSA) is 35.6 Å². The summed E-state index contributed by atoms with van der Waals surface area (Å²) in [6.45, 7) is 0. The Hall–Kier alpha value is -8.64. The Bertz CT molecular complexity index is 4220. The molecule has 5 heterocycles. The third-order valence-electron chi connectivity index (χ3n) is 13.6. The van der Waals surface area contributed by atoms with Gasteiger partial charge in [0.05, 0.1) is 27.8 Å². The van der Waals surface area contributed by atoms with Gasteiger partial charge < -0.3 is 4.57 Å². The number of para-hydroxylation sites is 2. The van der Waals surface area contributed by atoms with E-state index in [1.54, 1.807) is 0 Å². The fourth-order valence-electron chi connectivity index (χ4n) is 10.5. The van der Waals surface area contributed by atoms with Crippen molar-refractivity contribution < 1.29 is 0 Å². The Morgan fingerprint density at radius 1 is 0.343 bits per heavy atom. The van der Waals surface area contributed by atoms with Crippen LogP contribution in [-0.4, -0.2) is 19.1 Å². The van der Waals surface area contributed by atoms with E-state index in [2.05, 4.69) is 233 Å². The van der Waals surface area contributed by atoms with Crippen LogP contribution in [0.3, 0.4) is 0 Å². The van der Waals surface area contributed by atoms with Crippen LogP contribution in [-0.2, 0) is 0 Å². The SMILES string of the molecule is c1ccc(-c2cc(-c3ccccc3)nc(-n3c4ccccc4c4cc(-c5cc(-c6ccc7c(c6)c6ccccc6n7-c6ccc7sc8ccncc8c7c6)c6ccccc6c5)ccc43)c2)cc1. The minimum Gasteiger partial charge on any atom is -0.309 e. The highest BCUT2D eigenvalue weighted by Crippen LogP contribution is 2.42. The van der Waals surface area contributed by atoms with Crippen molar-refractivity contribution in [1.29, 1.82) is 0 Å². The number of hydrogen-bond acceptors (Lipinski definition) is 3. The minimum atomic E-state index is 0.890.